The van der Waals surface area contributed by atoms with E-state index in [2.05, 4.69) is 12.2 Å². The molecule has 2 saturated heterocycles. The normalized spacial score (nSPS) is 43.4. The summed E-state index contributed by atoms with van der Waals surface area (Å²) in [6.45, 7) is 2.17. The maximum Gasteiger partial charge on any atom is 0.302 e. The van der Waals surface area contributed by atoms with Crippen LogP contribution in [0.3, 0.4) is 0 Å². The molecule has 2 aliphatic heterocycles. The maximum atomic E-state index is 11.6. The van der Waals surface area contributed by atoms with Crippen molar-refractivity contribution in [1.82, 2.24) is 0 Å². The lowest BCUT2D eigenvalue weighted by Crippen LogP contribution is -2.65. The third-order valence-electron chi connectivity index (χ3n) is 6.85. The zero-order chi connectivity index (χ0) is 19.3. The quantitative estimate of drug-likeness (QED) is 0.586. The predicted molar refractivity (Wildman–Crippen MR) is 99.0 cm³/mol. The van der Waals surface area contributed by atoms with Crippen LogP contribution in [0, 0.1) is 23.2 Å². The summed E-state index contributed by atoms with van der Waals surface area (Å²) in [6, 6.07) is 9.97. The molecule has 0 amide bonds. The lowest BCUT2D eigenvalue weighted by Gasteiger charge is -2.56. The van der Waals surface area contributed by atoms with Crippen LogP contribution < -0.4 is 0 Å². The fourth-order valence-electron chi connectivity index (χ4n) is 5.74. The number of carbonyl (C=O) groups is 1. The third-order valence-corrected chi connectivity index (χ3v) is 6.85. The van der Waals surface area contributed by atoms with E-state index in [-0.39, 0.29) is 36.6 Å². The number of allylic oxidation sites excluding steroid dienone is 2. The van der Waals surface area contributed by atoms with E-state index in [9.17, 15) is 4.79 Å². The molecule has 0 radical (unpaired) electrons. The third kappa shape index (κ3) is 2.66. The largest absolute Gasteiger partial charge is 0.465 e. The number of esters is 1. The van der Waals surface area contributed by atoms with Gasteiger partial charge < -0.3 is 23.7 Å². The Kier molecular flexibility index (Phi) is 4.55. The molecular formula is C22H26O6. The van der Waals surface area contributed by atoms with Crippen molar-refractivity contribution >= 4 is 5.97 Å². The van der Waals surface area contributed by atoms with Gasteiger partial charge in [-0.05, 0) is 18.3 Å². The number of ether oxygens (including phenoxy) is 5. The van der Waals surface area contributed by atoms with Crippen molar-refractivity contribution in [3.63, 3.8) is 0 Å². The number of methoxy groups -OCH3 is 1. The van der Waals surface area contributed by atoms with Crippen molar-refractivity contribution in [1.29, 1.82) is 0 Å². The van der Waals surface area contributed by atoms with Crippen LogP contribution >= 0.6 is 0 Å². The van der Waals surface area contributed by atoms with E-state index in [1.54, 1.807) is 7.11 Å². The summed E-state index contributed by atoms with van der Waals surface area (Å²) in [6.07, 6.45) is 4.31. The first kappa shape index (κ1) is 18.3. The minimum Gasteiger partial charge on any atom is -0.465 e. The van der Waals surface area contributed by atoms with Crippen LogP contribution in [0.4, 0.5) is 0 Å². The maximum absolute atomic E-state index is 11.6. The Morgan fingerprint density at radius 1 is 1.21 bits per heavy atom. The van der Waals surface area contributed by atoms with E-state index >= 15 is 0 Å². The van der Waals surface area contributed by atoms with Crippen LogP contribution in [0.2, 0.25) is 0 Å². The van der Waals surface area contributed by atoms with E-state index in [0.29, 0.717) is 12.5 Å². The monoisotopic (exact) mass is 386 g/mol. The number of hydrogen-bond donors (Lipinski definition) is 0. The lowest BCUT2D eigenvalue weighted by molar-refractivity contribution is -0.369. The first-order valence-electron chi connectivity index (χ1n) is 9.95. The number of carbonyl (C=O) groups excluding carboxylic acids is 1. The van der Waals surface area contributed by atoms with Gasteiger partial charge in [-0.25, -0.2) is 0 Å². The van der Waals surface area contributed by atoms with Gasteiger partial charge in [0.25, 0.3) is 0 Å². The molecule has 0 N–H and O–H groups in total. The zero-order valence-corrected chi connectivity index (χ0v) is 16.2. The van der Waals surface area contributed by atoms with Gasteiger partial charge >= 0.3 is 5.97 Å². The fraction of sp³-hybridized carbons (Fsp3) is 0.591. The Labute approximate surface area is 164 Å². The van der Waals surface area contributed by atoms with E-state index < -0.39 is 18.0 Å². The summed E-state index contributed by atoms with van der Waals surface area (Å²) >= 11 is 0. The summed E-state index contributed by atoms with van der Waals surface area (Å²) in [7, 11) is 1.66. The van der Waals surface area contributed by atoms with Crippen molar-refractivity contribution < 1.29 is 28.5 Å². The Bertz CT molecular complexity index is 764. The highest BCUT2D eigenvalue weighted by Gasteiger charge is 2.68. The number of fused-ring (bicyclic) bond motifs is 7. The van der Waals surface area contributed by atoms with Gasteiger partial charge in [0.05, 0.1) is 18.1 Å². The molecule has 6 nitrogen and oxygen atoms in total. The van der Waals surface area contributed by atoms with Crippen molar-refractivity contribution in [3.8, 4) is 0 Å². The van der Waals surface area contributed by atoms with E-state index in [1.165, 1.54) is 6.92 Å². The predicted octanol–water partition coefficient (Wildman–Crippen LogP) is 2.84. The summed E-state index contributed by atoms with van der Waals surface area (Å²) in [5, 5.41) is 0. The van der Waals surface area contributed by atoms with Crippen molar-refractivity contribution in [2.45, 2.75) is 38.1 Å². The van der Waals surface area contributed by atoms with E-state index in [4.69, 9.17) is 23.7 Å². The molecule has 28 heavy (non-hydrogen) atoms. The van der Waals surface area contributed by atoms with Crippen LogP contribution in [0.1, 0.15) is 25.2 Å². The first-order chi connectivity index (χ1) is 13.6. The summed E-state index contributed by atoms with van der Waals surface area (Å²) in [5.74, 6) is 0.478. The summed E-state index contributed by atoms with van der Waals surface area (Å²) in [5.41, 5.74) is 0.568. The van der Waals surface area contributed by atoms with Crippen molar-refractivity contribution in [2.24, 2.45) is 23.2 Å². The van der Waals surface area contributed by atoms with E-state index in [1.807, 2.05) is 30.3 Å². The van der Waals surface area contributed by atoms with Crippen LogP contribution in [0.25, 0.3) is 0 Å². The molecule has 2 bridgehead atoms. The van der Waals surface area contributed by atoms with Crippen molar-refractivity contribution in [3.05, 3.63) is 48.0 Å². The molecule has 0 unspecified atom stereocenters. The SMILES string of the molecule is CO[C@H]1O[C@@H]2CO[C@@H](c3ccccc3)O[C@H]2[C@@H]2[C@H]3C=C[C@H](C3)[C@]12COC(C)=O. The average Bonchev–Trinajstić information content (AvgIpc) is 3.33. The molecule has 150 valence electrons. The highest BCUT2D eigenvalue weighted by atomic mass is 16.7. The fourth-order valence-corrected chi connectivity index (χ4v) is 5.74. The smallest absolute Gasteiger partial charge is 0.302 e. The van der Waals surface area contributed by atoms with Crippen LogP contribution in [0.5, 0.6) is 0 Å². The van der Waals surface area contributed by atoms with Gasteiger partial charge in [0, 0.05) is 25.5 Å². The van der Waals surface area contributed by atoms with Crippen LogP contribution in [0.15, 0.2) is 42.5 Å². The number of hydrogen-bond acceptors (Lipinski definition) is 6. The molecule has 2 aliphatic carbocycles. The Hall–Kier alpha value is -1.73. The zero-order valence-electron chi connectivity index (χ0n) is 16.2. The molecule has 0 aromatic heterocycles. The Morgan fingerprint density at radius 3 is 2.79 bits per heavy atom. The van der Waals surface area contributed by atoms with Gasteiger partial charge in [0.2, 0.25) is 0 Å². The summed E-state index contributed by atoms with van der Waals surface area (Å²) in [4.78, 5) is 11.6. The van der Waals surface area contributed by atoms with Gasteiger partial charge in [-0.3, -0.25) is 4.79 Å². The highest BCUT2D eigenvalue weighted by Crippen LogP contribution is 2.63. The number of rotatable bonds is 4. The molecule has 3 fully saturated rings. The Balaban J connectivity index is 1.49. The molecule has 2 heterocycles. The average molecular weight is 386 g/mol. The Morgan fingerprint density at radius 2 is 2.04 bits per heavy atom. The van der Waals surface area contributed by atoms with Gasteiger partial charge in [0.15, 0.2) is 12.6 Å². The minimum atomic E-state index is -0.460. The molecule has 6 heteroatoms. The van der Waals surface area contributed by atoms with Crippen LogP contribution in [-0.2, 0) is 28.5 Å². The second-order valence-electron chi connectivity index (χ2n) is 8.23. The molecule has 5 rings (SSSR count). The highest BCUT2D eigenvalue weighted by molar-refractivity contribution is 5.66. The molecule has 8 atom stereocenters. The van der Waals surface area contributed by atoms with Gasteiger partial charge in [-0.15, -0.1) is 0 Å². The standard InChI is InChI=1S/C22H26O6/c1-13(23)26-12-22-16-9-8-15(10-16)18(22)19-17(27-21(22)24-2)11-25-20(28-19)14-6-4-3-5-7-14/h3-9,15-21H,10-12H2,1-2H3/t15-,16+,17+,18-,19+,20+,21-,22-/m0/s1. The second-order valence-corrected chi connectivity index (χ2v) is 8.23. The molecule has 0 spiro atoms. The van der Waals surface area contributed by atoms with Gasteiger partial charge in [0.1, 0.15) is 12.7 Å². The lowest BCUT2D eigenvalue weighted by atomic mass is 9.63. The minimum absolute atomic E-state index is 0.138. The number of benzene rings is 1. The topological polar surface area (TPSA) is 63.2 Å². The van der Waals surface area contributed by atoms with E-state index in [0.717, 1.165) is 12.0 Å². The van der Waals surface area contributed by atoms with Gasteiger partial charge in [-0.1, -0.05) is 42.5 Å². The molecular weight excluding hydrogens is 360 g/mol. The van der Waals surface area contributed by atoms with Crippen LogP contribution in [-0.4, -0.2) is 44.8 Å². The summed E-state index contributed by atoms with van der Waals surface area (Å²) < 4.78 is 30.1. The molecule has 4 aliphatic rings. The van der Waals surface area contributed by atoms with Crippen molar-refractivity contribution in [2.75, 3.05) is 20.3 Å². The molecule has 1 aromatic carbocycles. The second kappa shape index (κ2) is 6.95. The molecule has 1 aromatic rings. The van der Waals surface area contributed by atoms with Gasteiger partial charge in [-0.2, -0.15) is 0 Å². The molecule has 1 saturated carbocycles. The first-order valence-corrected chi connectivity index (χ1v) is 9.95.